The fraction of sp³-hybridized carbons (Fsp3) is 0.175. The number of rotatable bonds is 18. The van der Waals surface area contributed by atoms with Gasteiger partial charge in [0, 0.05) is 60.9 Å². The van der Waals surface area contributed by atoms with Gasteiger partial charge in [-0.05, 0) is 188 Å². The van der Waals surface area contributed by atoms with Gasteiger partial charge in [-0.15, -0.1) is 51.0 Å². The summed E-state index contributed by atoms with van der Waals surface area (Å²) < 4.78 is 299. The molecule has 0 aliphatic rings. The largest absolute Gasteiger partial charge is 0.471 e. The van der Waals surface area contributed by atoms with E-state index in [0.717, 1.165) is 38.0 Å². The highest BCUT2D eigenvalue weighted by Gasteiger charge is 2.41. The minimum Gasteiger partial charge on any atom is -0.471 e. The number of hydrogen-bond acceptors (Lipinski definition) is 21. The SMILES string of the molecule is CC(F)(F)COc1ccc(-c2ccc3nnc(C(F)(F)F)n3n2)cn1.CC(F)(F)Oc1ccc(-c2ccc3nnc(C(F)(F)F)n3n2)cc1F.Cc1cc(OC(C)(F)F)ccc1-c1ccc2nnc(C(F)(F)F)n2n1.FC(F)(F)Cc1nnc2ccc(-c3ccc(Oc4ccccc4)cc3)nn12.FC(F)c1nnc2ccc(-c3ccc(Oc4ccccc4)cc3)nn12. The molecule has 0 atom stereocenters. The second-order valence-corrected chi connectivity index (χ2v) is 26.8. The van der Waals surface area contributed by atoms with Gasteiger partial charge in [-0.3, -0.25) is 0 Å². The number of aromatic nitrogens is 21. The van der Waals surface area contributed by atoms with Gasteiger partial charge >= 0.3 is 36.9 Å². The number of ether oxygens (including phenoxy) is 5. The van der Waals surface area contributed by atoms with Gasteiger partial charge in [0.15, 0.2) is 52.2 Å². The first-order valence-electron chi connectivity index (χ1n) is 36.3. The van der Waals surface area contributed by atoms with Crippen LogP contribution in [-0.4, -0.2) is 135 Å². The number of aryl methyl sites for hydroxylation is 1. The highest BCUT2D eigenvalue weighted by molar-refractivity contribution is 5.67. The van der Waals surface area contributed by atoms with Gasteiger partial charge in [-0.1, -0.05) is 36.4 Å². The molecule has 0 saturated carbocycles. The summed E-state index contributed by atoms with van der Waals surface area (Å²) in [6.07, 6.45) is -28.1. The lowest BCUT2D eigenvalue weighted by Crippen LogP contribution is -2.21. The molecule has 0 saturated heterocycles. The topological polar surface area (TPSA) is 274 Å². The Morgan fingerprint density at radius 1 is 0.354 bits per heavy atom. The average molecular weight is 1790 g/mol. The van der Waals surface area contributed by atoms with Gasteiger partial charge in [-0.2, -0.15) is 118 Å². The van der Waals surface area contributed by atoms with E-state index in [-0.39, 0.29) is 68.3 Å². The highest BCUT2D eigenvalue weighted by Crippen LogP contribution is 2.37. The van der Waals surface area contributed by atoms with E-state index in [9.17, 15) is 92.2 Å². The highest BCUT2D eigenvalue weighted by atomic mass is 19.4. The van der Waals surface area contributed by atoms with Crippen LogP contribution in [0.3, 0.4) is 0 Å². The van der Waals surface area contributed by atoms with E-state index < -0.39 is 97.2 Å². The average Bonchev–Trinajstić information content (AvgIpc) is 1.67. The van der Waals surface area contributed by atoms with Crippen LogP contribution >= 0.6 is 0 Å². The maximum absolute atomic E-state index is 13.9. The minimum absolute atomic E-state index is 0.0355. The van der Waals surface area contributed by atoms with Gasteiger partial charge in [0.25, 0.3) is 29.8 Å². The van der Waals surface area contributed by atoms with Gasteiger partial charge in [0.05, 0.1) is 28.5 Å². The molecule has 0 unspecified atom stereocenters. The molecule has 0 amide bonds. The molecule has 17 aromatic rings. The number of nitrogens with zero attached hydrogens (tertiary/aromatic N) is 21. The molecule has 0 aliphatic heterocycles. The molecule has 0 spiro atoms. The smallest absolute Gasteiger partial charge is 0.453 e. The lowest BCUT2D eigenvalue weighted by Gasteiger charge is -2.14. The van der Waals surface area contributed by atoms with Crippen LogP contribution in [0.2, 0.25) is 0 Å². The van der Waals surface area contributed by atoms with Crippen LogP contribution in [0.4, 0.5) is 92.2 Å². The molecule has 47 heteroatoms. The van der Waals surface area contributed by atoms with Crippen molar-refractivity contribution in [3.05, 3.63) is 265 Å². The van der Waals surface area contributed by atoms with E-state index in [4.69, 9.17) is 14.2 Å². The van der Waals surface area contributed by atoms with E-state index in [0.29, 0.717) is 79.6 Å². The third kappa shape index (κ3) is 23.2. The monoisotopic (exact) mass is 1790 g/mol. The summed E-state index contributed by atoms with van der Waals surface area (Å²) in [5.41, 5.74) is 4.62. The van der Waals surface area contributed by atoms with Crippen molar-refractivity contribution < 1.29 is 116 Å². The van der Waals surface area contributed by atoms with E-state index >= 15 is 0 Å². The summed E-state index contributed by atoms with van der Waals surface area (Å²) >= 11 is 0. The van der Waals surface area contributed by atoms with Crippen molar-refractivity contribution in [2.24, 2.45) is 0 Å². The van der Waals surface area contributed by atoms with Crippen LogP contribution in [0.15, 0.2) is 225 Å². The Labute approximate surface area is 697 Å². The zero-order chi connectivity index (χ0) is 91.1. The fourth-order valence-corrected chi connectivity index (χ4v) is 11.3. The lowest BCUT2D eigenvalue weighted by molar-refractivity contribution is -0.160. The summed E-state index contributed by atoms with van der Waals surface area (Å²) in [5, 5.41) is 53.8. The summed E-state index contributed by atoms with van der Waals surface area (Å²) in [6, 6.07) is 57.6. The first kappa shape index (κ1) is 89.5. The molecule has 0 radical (unpaired) electrons. The quantitative estimate of drug-likeness (QED) is 0.0722. The molecule has 127 heavy (non-hydrogen) atoms. The van der Waals surface area contributed by atoms with Crippen LogP contribution in [0.5, 0.6) is 40.4 Å². The molecule has 6 aromatic carbocycles. The number of fused-ring (bicyclic) bond motifs is 5. The Morgan fingerprint density at radius 3 is 1.17 bits per heavy atom. The normalized spacial score (nSPS) is 12.1. The molecule has 26 nitrogen and oxygen atoms in total. The van der Waals surface area contributed by atoms with Crippen molar-refractivity contribution in [1.82, 2.24) is 104 Å². The molecule has 656 valence electrons. The number of benzene rings is 6. The molecule has 17 rings (SSSR count). The zero-order valence-corrected chi connectivity index (χ0v) is 64.7. The van der Waals surface area contributed by atoms with Crippen molar-refractivity contribution >= 4 is 28.2 Å². The fourth-order valence-electron chi connectivity index (χ4n) is 11.3. The van der Waals surface area contributed by atoms with Crippen molar-refractivity contribution in [3.63, 3.8) is 0 Å². The van der Waals surface area contributed by atoms with Gasteiger partial charge in [-0.25, -0.2) is 26.9 Å². The van der Waals surface area contributed by atoms with Crippen LogP contribution in [0, 0.1) is 12.7 Å². The number of alkyl halides is 20. The van der Waals surface area contributed by atoms with Crippen LogP contribution < -0.4 is 23.7 Å². The maximum atomic E-state index is 13.9. The Hall–Kier alpha value is -15.3. The van der Waals surface area contributed by atoms with Crippen LogP contribution in [-0.2, 0) is 24.9 Å². The van der Waals surface area contributed by atoms with Crippen molar-refractivity contribution in [3.8, 4) is 96.7 Å². The molecule has 0 fully saturated rings. The third-order valence-corrected chi connectivity index (χ3v) is 16.8. The summed E-state index contributed by atoms with van der Waals surface area (Å²) in [5.74, 6) is -6.68. The van der Waals surface area contributed by atoms with Crippen LogP contribution in [0.1, 0.15) is 61.9 Å². The van der Waals surface area contributed by atoms with Crippen molar-refractivity contribution in [2.75, 3.05) is 6.61 Å². The first-order chi connectivity index (χ1) is 59.9. The molecule has 11 heterocycles. The van der Waals surface area contributed by atoms with Gasteiger partial charge in [0.1, 0.15) is 35.2 Å². The molecular weight excluding hydrogens is 1730 g/mol. The Bertz CT molecular complexity index is 6660. The minimum atomic E-state index is -4.78. The van der Waals surface area contributed by atoms with E-state index in [1.807, 2.05) is 72.8 Å². The Kier molecular flexibility index (Phi) is 25.6. The molecule has 0 bridgehead atoms. The van der Waals surface area contributed by atoms with Gasteiger partial charge in [0.2, 0.25) is 11.7 Å². The standard InChI is InChI=1S/C19H13F3N4O.C18H12F2N4O.C15H11F5N4O.C14H8F6N4O.C14H10F5N5O/c20-19(21,22)12-18-24-23-17-11-10-16(25-26(17)18)13-6-8-15(9-7-13)27-14-4-2-1-3-5-14;19-17(20)18-22-21-16-11-10-15(23-24(16)18)12-6-8-14(9-7-12)25-13-4-2-1-3-5-13;1-8-7-9(25-14(2,16)17)3-4-10(8)11-5-6-12-21-22-13(15(18,19)20)24(12)23-11;1-13(16,17)25-10-4-2-7(6-8(10)15)9-3-5-11-21-22-12(14(18,19)20)24(11)23-9;1-13(15,16)7-25-11-5-2-8(6-20-11)9-3-4-10-21-22-12(14(17,18)19)24(10)23-9/h1-11H,12H2;1-11,17H;3-7H,1-2H3;2-6H,1H3;2-6H,7H2,1H3. The Balaban J connectivity index is 0.000000136. The maximum Gasteiger partial charge on any atom is 0.453 e. The third-order valence-electron chi connectivity index (χ3n) is 16.8. The summed E-state index contributed by atoms with van der Waals surface area (Å²) in [7, 11) is 0. The molecular formula is C80H54F21N21O5. The summed E-state index contributed by atoms with van der Waals surface area (Å²) in [6.45, 7) is 2.53. The van der Waals surface area contributed by atoms with Gasteiger partial charge < -0.3 is 23.7 Å². The van der Waals surface area contributed by atoms with E-state index in [1.54, 1.807) is 67.6 Å². The lowest BCUT2D eigenvalue weighted by atomic mass is 10.1. The van der Waals surface area contributed by atoms with Crippen molar-refractivity contribution in [2.45, 2.75) is 83.4 Å². The zero-order valence-electron chi connectivity index (χ0n) is 64.7. The first-order valence-corrected chi connectivity index (χ1v) is 36.3. The number of para-hydroxylation sites is 2. The second-order valence-electron chi connectivity index (χ2n) is 26.8. The van der Waals surface area contributed by atoms with Crippen LogP contribution in [0.25, 0.3) is 84.5 Å². The second kappa shape index (κ2) is 36.3. The number of halogens is 21. The Morgan fingerprint density at radius 2 is 0.740 bits per heavy atom. The van der Waals surface area contributed by atoms with Crippen molar-refractivity contribution in [1.29, 1.82) is 0 Å². The van der Waals surface area contributed by atoms with E-state index in [1.165, 1.54) is 79.0 Å². The predicted molar refractivity (Wildman–Crippen MR) is 405 cm³/mol. The van der Waals surface area contributed by atoms with E-state index in [2.05, 4.69) is 90.9 Å². The number of pyridine rings is 1. The molecule has 0 aliphatic carbocycles. The predicted octanol–water partition coefficient (Wildman–Crippen LogP) is 20.5. The molecule has 11 aromatic heterocycles. The number of hydrogen-bond donors (Lipinski definition) is 0. The summed E-state index contributed by atoms with van der Waals surface area (Å²) in [4.78, 5) is 3.84. The molecule has 0 N–H and O–H groups in total.